The number of H-pyrrole nitrogens is 1. The lowest BCUT2D eigenvalue weighted by molar-refractivity contribution is -0.422. The molecule has 1 saturated carbocycles. The molecule has 0 bridgehead atoms. The maximum Gasteiger partial charge on any atom is 0.355 e. The molecule has 1 saturated heterocycles. The number of hydrogen-bond donors (Lipinski definition) is 14. The van der Waals surface area contributed by atoms with Crippen molar-refractivity contribution in [1.29, 1.82) is 0 Å². The summed E-state index contributed by atoms with van der Waals surface area (Å²) in [5.74, 6) is -10.2. The molecule has 1 aromatic heterocycles. The van der Waals surface area contributed by atoms with Crippen molar-refractivity contribution in [1.82, 2.24) is 9.97 Å². The van der Waals surface area contributed by atoms with Crippen LogP contribution in [0.25, 0.3) is 6.08 Å². The van der Waals surface area contributed by atoms with E-state index in [1.807, 2.05) is 18.2 Å². The number of aromatic amines is 1. The Morgan fingerprint density at radius 2 is 1.80 bits per heavy atom. The second-order valence-electron chi connectivity index (χ2n) is 21.1. The molecule has 6 aliphatic rings. The van der Waals surface area contributed by atoms with E-state index in [0.717, 1.165) is 22.6 Å². The molecule has 10 rings (SSSR count). The fourth-order valence-electron chi connectivity index (χ4n) is 14.1. The number of nitrogens with zero attached hydrogens (tertiary/aromatic N) is 3. The number of imidazole rings is 1. The largest absolute Gasteiger partial charge is 0.508 e. The molecular weight excluding hydrogens is 985 g/mol. The SMILES string of the molecule is NC(N)=NCCCC(O)C1C=CC2(C34c5c(O)cccc5CCC3CCCC4CO)C(=CC3(C(=O)O)C2c2cc(O)c(OC4(O)OC(CO)C(O)C(O)C4O)cc2N3C(=O)C=Cc2ccc(O)c(Cc3cnc[nH]3)c2)C1. The van der Waals surface area contributed by atoms with Gasteiger partial charge in [0.05, 0.1) is 24.7 Å². The van der Waals surface area contributed by atoms with Gasteiger partial charge < -0.3 is 82.1 Å². The van der Waals surface area contributed by atoms with Gasteiger partial charge in [-0.25, -0.2) is 9.78 Å². The third kappa shape index (κ3) is 8.14. The number of aryl methyl sites for hydroxylation is 1. The van der Waals surface area contributed by atoms with E-state index in [1.165, 1.54) is 24.5 Å². The van der Waals surface area contributed by atoms with Crippen LogP contribution in [0.15, 0.2) is 95.9 Å². The number of anilines is 1. The smallest absolute Gasteiger partial charge is 0.355 e. The van der Waals surface area contributed by atoms with Crippen LogP contribution in [0, 0.1) is 23.2 Å². The van der Waals surface area contributed by atoms with Gasteiger partial charge in [0.1, 0.15) is 29.8 Å². The number of aliphatic hydroxyl groups excluding tert-OH is 6. The van der Waals surface area contributed by atoms with E-state index >= 15 is 9.59 Å². The number of nitrogens with two attached hydrogens (primary N) is 2. The molecule has 2 aliphatic heterocycles. The monoisotopic (exact) mass is 1050 g/mol. The number of benzene rings is 3. The number of carboxylic acid groups (broad SMARTS) is 1. The predicted molar refractivity (Wildman–Crippen MR) is 272 cm³/mol. The number of phenolic OH excluding ortho intramolecular Hbond substituents is 3. The third-order valence-electron chi connectivity index (χ3n) is 17.2. The highest BCUT2D eigenvalue weighted by molar-refractivity contribution is 6.13. The van der Waals surface area contributed by atoms with Crippen molar-refractivity contribution in [3.05, 3.63) is 124 Å². The summed E-state index contributed by atoms with van der Waals surface area (Å²) in [6.45, 7) is -1.09. The summed E-state index contributed by atoms with van der Waals surface area (Å²) in [5.41, 5.74) is 9.34. The molecule has 13 atom stereocenters. The minimum absolute atomic E-state index is 0.0276. The van der Waals surface area contributed by atoms with Crippen molar-refractivity contribution in [3.63, 3.8) is 0 Å². The van der Waals surface area contributed by atoms with E-state index < -0.39 is 101 Å². The summed E-state index contributed by atoms with van der Waals surface area (Å²) < 4.78 is 11.2. The van der Waals surface area contributed by atoms with Gasteiger partial charge in [-0.3, -0.25) is 14.7 Å². The number of allylic oxidation sites excluding steroid dienone is 2. The van der Waals surface area contributed by atoms with Gasteiger partial charge in [-0.2, -0.15) is 0 Å². The van der Waals surface area contributed by atoms with Gasteiger partial charge in [0.2, 0.25) is 0 Å². The van der Waals surface area contributed by atoms with Crippen molar-refractivity contribution in [3.8, 4) is 23.0 Å². The number of carboxylic acids is 1. The number of rotatable bonds is 15. The first-order chi connectivity index (χ1) is 36.4. The number of guanidine groups is 1. The summed E-state index contributed by atoms with van der Waals surface area (Å²) in [4.78, 5) is 42.9. The summed E-state index contributed by atoms with van der Waals surface area (Å²) in [6, 6.07) is 12.2. The molecule has 0 spiro atoms. The first-order valence-electron chi connectivity index (χ1n) is 25.6. The molecule has 3 aromatic carbocycles. The maximum absolute atomic E-state index is 15.6. The normalized spacial score (nSPS) is 32.6. The first kappa shape index (κ1) is 52.6. The van der Waals surface area contributed by atoms with Crippen LogP contribution in [0.2, 0.25) is 0 Å². The van der Waals surface area contributed by atoms with Crippen LogP contribution < -0.4 is 21.1 Å². The number of amides is 1. The Balaban J connectivity index is 1.21. The second-order valence-corrected chi connectivity index (χ2v) is 21.1. The zero-order valence-electron chi connectivity index (χ0n) is 41.4. The van der Waals surface area contributed by atoms with E-state index in [0.29, 0.717) is 66.5 Å². The van der Waals surface area contributed by atoms with Crippen molar-refractivity contribution in [2.24, 2.45) is 39.6 Å². The Hall–Kier alpha value is -6.82. The summed E-state index contributed by atoms with van der Waals surface area (Å²) in [6.07, 6.45) is 5.81. The highest BCUT2D eigenvalue weighted by Crippen LogP contribution is 2.77. The Morgan fingerprint density at radius 3 is 2.53 bits per heavy atom. The number of aromatic nitrogens is 2. The lowest BCUT2D eigenvalue weighted by Crippen LogP contribution is -2.67. The Bertz CT molecular complexity index is 3010. The topological polar surface area (TPSA) is 371 Å². The Labute approximate surface area is 436 Å². The summed E-state index contributed by atoms with van der Waals surface area (Å²) >= 11 is 0. The minimum atomic E-state index is -3.25. The molecular formula is C55H64N6O15. The van der Waals surface area contributed by atoms with Crippen LogP contribution >= 0.6 is 0 Å². The number of carbonyl (C=O) groups is 2. The minimum Gasteiger partial charge on any atom is -0.508 e. The van der Waals surface area contributed by atoms with Gasteiger partial charge in [0.25, 0.3) is 5.91 Å². The predicted octanol–water partition coefficient (Wildman–Crippen LogP) is 1.79. The van der Waals surface area contributed by atoms with Crippen LogP contribution in [-0.2, 0) is 32.6 Å². The molecule has 76 heavy (non-hydrogen) atoms. The van der Waals surface area contributed by atoms with E-state index in [9.17, 15) is 56.2 Å². The van der Waals surface area contributed by atoms with Crippen LogP contribution in [0.4, 0.5) is 5.69 Å². The quantitative estimate of drug-likeness (QED) is 0.0201. The molecule has 21 heteroatoms. The lowest BCUT2D eigenvalue weighted by atomic mass is 9.38. The molecule has 2 fully saturated rings. The standard InChI is InChI=1S/C55H64N6O15/c56-51(57)59-17-3-8-38(64)30-15-16-52(54-32(5-2-6-33(54)25-62)12-11-29-4-1-7-40(66)45(29)54)34(19-30)23-53(50(72)73)48(52)36-21-41(67)42(75-55(74)49(71)47(70)46(69)43(26-63)76-55)22-37(36)61(53)44(68)14-10-28-9-13-39(65)31(18-28)20-35-24-58-27-60-35/h1,4,7,9-10,13-16,18,21-24,27,30,32-33,38,43,46-49,62-67,69-71,74H,2-3,5-6,8,11-12,17,19-20,25-26H2,(H,58,60)(H,72,73)(H4,56,57,59). The second kappa shape index (κ2) is 20.0. The average molecular weight is 1050 g/mol. The van der Waals surface area contributed by atoms with Gasteiger partial charge in [-0.15, -0.1) is 0 Å². The van der Waals surface area contributed by atoms with E-state index in [-0.39, 0.29) is 67.0 Å². The number of hydrogen-bond acceptors (Lipinski definition) is 16. The van der Waals surface area contributed by atoms with Gasteiger partial charge in [-0.05, 0) is 110 Å². The molecule has 21 nitrogen and oxygen atoms in total. The molecule has 3 heterocycles. The number of ether oxygens (including phenoxy) is 2. The van der Waals surface area contributed by atoms with Crippen molar-refractivity contribution >= 4 is 29.6 Å². The fraction of sp³-hybridized carbons (Fsp3) is 0.455. The number of aliphatic imine (C=N–C) groups is 1. The number of carbonyl (C=O) groups excluding carboxylic acids is 1. The summed E-state index contributed by atoms with van der Waals surface area (Å²) in [5, 5.41) is 125. The molecule has 0 radical (unpaired) electrons. The number of aliphatic carboxylic acids is 1. The van der Waals surface area contributed by atoms with Crippen LogP contribution in [0.3, 0.4) is 0 Å². The van der Waals surface area contributed by atoms with Gasteiger partial charge in [0.15, 0.2) is 29.1 Å². The molecule has 4 aliphatic carbocycles. The third-order valence-corrected chi connectivity index (χ3v) is 17.2. The lowest BCUT2D eigenvalue weighted by Gasteiger charge is -2.64. The van der Waals surface area contributed by atoms with Gasteiger partial charge in [0, 0.05) is 77.4 Å². The van der Waals surface area contributed by atoms with Crippen LogP contribution in [0.1, 0.15) is 84.4 Å². The summed E-state index contributed by atoms with van der Waals surface area (Å²) in [7, 11) is 0. The number of fused-ring (bicyclic) bond motifs is 9. The fourth-order valence-corrected chi connectivity index (χ4v) is 14.1. The maximum atomic E-state index is 15.6. The van der Waals surface area contributed by atoms with Gasteiger partial charge in [-0.1, -0.05) is 42.3 Å². The Morgan fingerprint density at radius 1 is 1.00 bits per heavy atom. The van der Waals surface area contributed by atoms with Crippen molar-refractivity contribution in [2.75, 3.05) is 24.7 Å². The Kier molecular flexibility index (Phi) is 13.8. The van der Waals surface area contributed by atoms with Crippen molar-refractivity contribution < 1.29 is 75.2 Å². The number of aromatic hydroxyl groups is 3. The van der Waals surface area contributed by atoms with E-state index in [2.05, 4.69) is 15.0 Å². The van der Waals surface area contributed by atoms with Gasteiger partial charge >= 0.3 is 11.9 Å². The first-order valence-corrected chi connectivity index (χ1v) is 25.6. The number of phenols is 3. The molecule has 1 amide bonds. The van der Waals surface area contributed by atoms with E-state index in [1.54, 1.807) is 36.5 Å². The zero-order valence-corrected chi connectivity index (χ0v) is 41.4. The molecule has 404 valence electrons. The molecule has 13 unspecified atom stereocenters. The van der Waals surface area contributed by atoms with Crippen molar-refractivity contribution in [2.45, 2.75) is 111 Å². The number of nitrogens with one attached hydrogen (secondary N) is 1. The molecule has 4 aromatic rings. The average Bonchev–Trinajstić information content (AvgIpc) is 4.10. The number of aliphatic hydroxyl groups is 7. The molecule has 16 N–H and O–H groups in total. The highest BCUT2D eigenvalue weighted by Gasteiger charge is 2.77. The highest BCUT2D eigenvalue weighted by atomic mass is 16.8. The van der Waals surface area contributed by atoms with Crippen LogP contribution in [-0.4, -0.2) is 146 Å². The zero-order chi connectivity index (χ0) is 54.1. The van der Waals surface area contributed by atoms with Crippen LogP contribution in [0.5, 0.6) is 23.0 Å². The van der Waals surface area contributed by atoms with E-state index in [4.69, 9.17) is 20.9 Å².